The molecule has 0 amide bonds. The first-order valence-corrected chi connectivity index (χ1v) is 6.73. The highest BCUT2D eigenvalue weighted by molar-refractivity contribution is 6.39. The van der Waals surface area contributed by atoms with Gasteiger partial charge in [-0.05, 0) is 12.1 Å². The number of para-hydroxylation sites is 1. The van der Waals surface area contributed by atoms with Gasteiger partial charge in [0.15, 0.2) is 11.5 Å². The van der Waals surface area contributed by atoms with Crippen molar-refractivity contribution < 1.29 is 9.90 Å². The molecule has 0 fully saturated rings. The minimum atomic E-state index is -0.451. The van der Waals surface area contributed by atoms with Gasteiger partial charge < -0.3 is 5.11 Å². The van der Waals surface area contributed by atoms with E-state index in [0.717, 1.165) is 0 Å². The van der Waals surface area contributed by atoms with Crippen molar-refractivity contribution in [1.82, 2.24) is 0 Å². The number of hydrogen-bond acceptors (Lipinski definition) is 5. The maximum absolute atomic E-state index is 12.4. The number of aliphatic hydroxyl groups excluding tert-OH is 1. The van der Waals surface area contributed by atoms with Crippen LogP contribution in [-0.4, -0.2) is 16.6 Å². The quantitative estimate of drug-likeness (QED) is 0.860. The number of carbonyl (C=O) groups is 1. The number of aliphatic hydroxyl groups is 1. The number of aliphatic imine (C=N–C) groups is 1. The molecule has 3 rings (SSSR count). The van der Waals surface area contributed by atoms with Crippen molar-refractivity contribution in [3.05, 3.63) is 70.8 Å². The zero-order chi connectivity index (χ0) is 16.4. The summed E-state index contributed by atoms with van der Waals surface area (Å²) in [7, 11) is 0. The molecule has 0 spiro atoms. The molecule has 0 aromatic heterocycles. The molecule has 23 heavy (non-hydrogen) atoms. The van der Waals surface area contributed by atoms with Crippen LogP contribution in [0.15, 0.2) is 59.1 Å². The Labute approximate surface area is 132 Å². The highest BCUT2D eigenvalue weighted by Crippen LogP contribution is 2.32. The van der Waals surface area contributed by atoms with Gasteiger partial charge in [-0.25, -0.2) is 4.99 Å². The van der Waals surface area contributed by atoms with E-state index in [2.05, 4.69) is 4.99 Å². The fourth-order valence-electron chi connectivity index (χ4n) is 2.41. The smallest absolute Gasteiger partial charge is 0.200 e. The predicted molar refractivity (Wildman–Crippen MR) is 84.2 cm³/mol. The third-order valence-electron chi connectivity index (χ3n) is 3.49. The molecule has 0 radical (unpaired) electrons. The molecule has 0 saturated carbocycles. The second kappa shape index (κ2) is 5.59. The highest BCUT2D eigenvalue weighted by atomic mass is 16.3. The summed E-state index contributed by atoms with van der Waals surface area (Å²) >= 11 is 0. The molecule has 5 heteroatoms. The molecule has 0 bridgehead atoms. The number of ketones is 1. The topological polar surface area (TPSA) is 97.2 Å². The summed E-state index contributed by atoms with van der Waals surface area (Å²) in [5.41, 5.74) is 0.910. The third-order valence-corrected chi connectivity index (χ3v) is 3.49. The first-order valence-electron chi connectivity index (χ1n) is 6.73. The highest BCUT2D eigenvalue weighted by Gasteiger charge is 2.32. The molecule has 0 atom stereocenters. The van der Waals surface area contributed by atoms with Crippen LogP contribution in [-0.2, 0) is 0 Å². The first kappa shape index (κ1) is 14.2. The number of rotatable bonds is 2. The van der Waals surface area contributed by atoms with E-state index < -0.39 is 5.78 Å². The van der Waals surface area contributed by atoms with Crippen molar-refractivity contribution in [2.45, 2.75) is 0 Å². The zero-order valence-electron chi connectivity index (χ0n) is 11.8. The van der Waals surface area contributed by atoms with Gasteiger partial charge in [-0.1, -0.05) is 36.4 Å². The lowest BCUT2D eigenvalue weighted by Gasteiger charge is -2.01. The predicted octanol–water partition coefficient (Wildman–Crippen LogP) is 3.32. The number of nitrogens with zero attached hydrogens (tertiary/aromatic N) is 3. The number of fused-ring (bicyclic) bond motifs is 1. The summed E-state index contributed by atoms with van der Waals surface area (Å²) in [6, 6.07) is 16.9. The van der Waals surface area contributed by atoms with Crippen LogP contribution in [0.2, 0.25) is 0 Å². The molecule has 1 aliphatic carbocycles. The van der Waals surface area contributed by atoms with E-state index in [1.165, 1.54) is 0 Å². The normalized spacial score (nSPS) is 13.5. The third kappa shape index (κ3) is 2.27. The number of hydrogen-bond donors (Lipinski definition) is 1. The molecule has 2 aromatic carbocycles. The maximum Gasteiger partial charge on any atom is 0.200 e. The molecule has 108 valence electrons. The van der Waals surface area contributed by atoms with E-state index in [4.69, 9.17) is 5.26 Å². The van der Waals surface area contributed by atoms with Gasteiger partial charge in [0.2, 0.25) is 0 Å². The van der Waals surface area contributed by atoms with Crippen molar-refractivity contribution in [2.24, 2.45) is 4.99 Å². The summed E-state index contributed by atoms with van der Waals surface area (Å²) in [4.78, 5) is 16.5. The Balaban J connectivity index is 2.16. The minimum absolute atomic E-state index is 0.138. The average Bonchev–Trinajstić information content (AvgIpc) is 2.85. The van der Waals surface area contributed by atoms with Crippen molar-refractivity contribution in [1.29, 1.82) is 10.5 Å². The lowest BCUT2D eigenvalue weighted by Crippen LogP contribution is -2.09. The average molecular weight is 299 g/mol. The van der Waals surface area contributed by atoms with Crippen LogP contribution in [0.3, 0.4) is 0 Å². The molecule has 2 aromatic rings. The van der Waals surface area contributed by atoms with Crippen molar-refractivity contribution in [3.8, 4) is 12.1 Å². The Bertz CT molecular complexity index is 972. The van der Waals surface area contributed by atoms with Crippen LogP contribution in [0.1, 0.15) is 21.5 Å². The summed E-state index contributed by atoms with van der Waals surface area (Å²) < 4.78 is 0. The van der Waals surface area contributed by atoms with Crippen molar-refractivity contribution >= 4 is 22.9 Å². The fourth-order valence-corrected chi connectivity index (χ4v) is 2.41. The largest absolute Gasteiger partial charge is 0.506 e. The van der Waals surface area contributed by atoms with Crippen LogP contribution in [0.4, 0.5) is 5.69 Å². The van der Waals surface area contributed by atoms with Crippen molar-refractivity contribution in [2.75, 3.05) is 0 Å². The Hall–Kier alpha value is -3.70. The van der Waals surface area contributed by atoms with Crippen LogP contribution in [0.25, 0.3) is 5.76 Å². The molecule has 0 aliphatic heterocycles. The Morgan fingerprint density at radius 3 is 2.30 bits per heavy atom. The summed E-state index contributed by atoms with van der Waals surface area (Å²) in [5.74, 6) is -0.715. The van der Waals surface area contributed by atoms with Crippen LogP contribution in [0.5, 0.6) is 0 Å². The maximum atomic E-state index is 12.4. The second-order valence-electron chi connectivity index (χ2n) is 4.80. The van der Waals surface area contributed by atoms with Gasteiger partial charge in [0.05, 0.1) is 11.3 Å². The summed E-state index contributed by atoms with van der Waals surface area (Å²) in [6.07, 6.45) is 0. The van der Waals surface area contributed by atoms with Gasteiger partial charge in [-0.2, -0.15) is 10.5 Å². The molecule has 0 heterocycles. The lowest BCUT2D eigenvalue weighted by atomic mass is 10.1. The van der Waals surface area contributed by atoms with Crippen LogP contribution >= 0.6 is 0 Å². The summed E-state index contributed by atoms with van der Waals surface area (Å²) in [6.45, 7) is 0. The van der Waals surface area contributed by atoms with Gasteiger partial charge >= 0.3 is 0 Å². The van der Waals surface area contributed by atoms with Crippen LogP contribution in [0, 0.1) is 22.7 Å². The molecular formula is C18H9N3O2. The van der Waals surface area contributed by atoms with Gasteiger partial charge in [-0.3, -0.25) is 4.79 Å². The Morgan fingerprint density at radius 2 is 1.65 bits per heavy atom. The fraction of sp³-hybridized carbons (Fsp3) is 0. The van der Waals surface area contributed by atoms with E-state index >= 15 is 0 Å². The zero-order valence-corrected chi connectivity index (χ0v) is 11.8. The van der Waals surface area contributed by atoms with E-state index in [-0.39, 0.29) is 28.3 Å². The van der Waals surface area contributed by atoms with E-state index in [9.17, 15) is 15.2 Å². The number of benzene rings is 2. The molecular weight excluding hydrogens is 290 g/mol. The first-order chi connectivity index (χ1) is 11.2. The van der Waals surface area contributed by atoms with E-state index in [1.807, 2.05) is 12.1 Å². The number of nitriles is 2. The Morgan fingerprint density at radius 1 is 1.00 bits per heavy atom. The summed E-state index contributed by atoms with van der Waals surface area (Å²) in [5, 5.41) is 28.7. The van der Waals surface area contributed by atoms with Gasteiger partial charge in [0.25, 0.3) is 0 Å². The minimum Gasteiger partial charge on any atom is -0.506 e. The van der Waals surface area contributed by atoms with Crippen LogP contribution < -0.4 is 0 Å². The lowest BCUT2D eigenvalue weighted by molar-refractivity contribution is 0.104. The number of carbonyl (C=O) groups excluding carboxylic acids is 1. The monoisotopic (exact) mass is 299 g/mol. The molecule has 1 aliphatic rings. The standard InChI is InChI=1S/C18H9N3O2/c19-9-11-5-1-4-8-14(11)21-15(10-20)16-17(22)12-6-2-3-7-13(12)18(16)23/h1-8,22H. The number of allylic oxidation sites excluding steroid dienone is 1. The number of Topliss-reactive ketones (excluding diaryl/α,β-unsaturated/α-hetero) is 1. The van der Waals surface area contributed by atoms with E-state index in [1.54, 1.807) is 48.5 Å². The van der Waals surface area contributed by atoms with Crippen molar-refractivity contribution in [3.63, 3.8) is 0 Å². The van der Waals surface area contributed by atoms with Gasteiger partial charge in [0.1, 0.15) is 23.5 Å². The van der Waals surface area contributed by atoms with E-state index in [0.29, 0.717) is 11.1 Å². The molecule has 1 N–H and O–H groups in total. The molecule has 0 unspecified atom stereocenters. The SMILES string of the molecule is N#CC(=Nc1ccccc1C#N)C1=C(O)c2ccccc2C1=O. The van der Waals surface area contributed by atoms with Gasteiger partial charge in [-0.15, -0.1) is 0 Å². The molecule has 0 saturated heterocycles. The van der Waals surface area contributed by atoms with Gasteiger partial charge in [0, 0.05) is 11.1 Å². The second-order valence-corrected chi connectivity index (χ2v) is 4.80. The Kier molecular flexibility index (Phi) is 3.46. The molecule has 5 nitrogen and oxygen atoms in total.